The van der Waals surface area contributed by atoms with Crippen LogP contribution in [-0.4, -0.2) is 33.8 Å². The fourth-order valence-corrected chi connectivity index (χ4v) is 2.22. The van der Waals surface area contributed by atoms with Crippen molar-refractivity contribution < 1.29 is 38.6 Å². The van der Waals surface area contributed by atoms with Crippen LogP contribution in [0.1, 0.15) is 71.1 Å². The molecule has 8 nitrogen and oxygen atoms in total. The van der Waals surface area contributed by atoms with Gasteiger partial charge < -0.3 is 14.9 Å². The van der Waals surface area contributed by atoms with Crippen molar-refractivity contribution in [3.8, 4) is 0 Å². The lowest BCUT2D eigenvalue weighted by molar-refractivity contribution is -0.137. The standard InChI is InChI=1S/C12H25O6P.C2H4O2/c13-12(14)10-8-6-4-2-1-3-5-7-9-11-18-19(15,16)17;1-2-3-4-2/h1-11H2,(H,13,14)(H2,15,16,17);2H,1H3. The van der Waals surface area contributed by atoms with Gasteiger partial charge in [-0.05, 0) is 19.8 Å². The molecule has 1 rings (SSSR count). The highest BCUT2D eigenvalue weighted by molar-refractivity contribution is 7.46. The zero-order chi connectivity index (χ0) is 17.6. The molecule has 0 aliphatic carbocycles. The monoisotopic (exact) mass is 356 g/mol. The number of hydrogen-bond acceptors (Lipinski definition) is 5. The highest BCUT2D eigenvalue weighted by Gasteiger charge is 2.16. The maximum Gasteiger partial charge on any atom is 0.469 e. The number of hydrogen-bond donors (Lipinski definition) is 3. The van der Waals surface area contributed by atoms with Crippen LogP contribution in [0.25, 0.3) is 0 Å². The van der Waals surface area contributed by atoms with E-state index in [0.29, 0.717) is 6.42 Å². The molecule has 9 heteroatoms. The molecule has 0 aromatic carbocycles. The van der Waals surface area contributed by atoms with E-state index in [1.807, 2.05) is 6.92 Å². The minimum absolute atomic E-state index is 0.0833. The van der Waals surface area contributed by atoms with Crippen molar-refractivity contribution in [1.29, 1.82) is 0 Å². The number of carbonyl (C=O) groups is 1. The van der Waals surface area contributed by atoms with Crippen molar-refractivity contribution in [2.75, 3.05) is 6.61 Å². The van der Waals surface area contributed by atoms with Crippen LogP contribution < -0.4 is 0 Å². The highest BCUT2D eigenvalue weighted by atomic mass is 31.2. The van der Waals surface area contributed by atoms with Crippen molar-refractivity contribution in [3.05, 3.63) is 0 Å². The van der Waals surface area contributed by atoms with Crippen molar-refractivity contribution >= 4 is 13.8 Å². The predicted molar refractivity (Wildman–Crippen MR) is 83.4 cm³/mol. The Morgan fingerprint density at radius 3 is 1.70 bits per heavy atom. The third kappa shape index (κ3) is 23.9. The van der Waals surface area contributed by atoms with E-state index in [-0.39, 0.29) is 19.3 Å². The maximum absolute atomic E-state index is 10.4. The first-order valence-corrected chi connectivity index (χ1v) is 9.58. The molecular weight excluding hydrogens is 327 g/mol. The molecule has 0 amide bonds. The van der Waals surface area contributed by atoms with Gasteiger partial charge in [0.05, 0.1) is 6.61 Å². The third-order valence-corrected chi connectivity index (χ3v) is 3.60. The van der Waals surface area contributed by atoms with E-state index in [1.165, 1.54) is 0 Å². The van der Waals surface area contributed by atoms with E-state index in [9.17, 15) is 9.36 Å². The first kappa shape index (κ1) is 22.5. The van der Waals surface area contributed by atoms with Crippen LogP contribution in [0.5, 0.6) is 0 Å². The summed E-state index contributed by atoms with van der Waals surface area (Å²) < 4.78 is 14.7. The van der Waals surface area contributed by atoms with Gasteiger partial charge in [0.25, 0.3) is 0 Å². The molecule has 1 heterocycles. The molecule has 138 valence electrons. The van der Waals surface area contributed by atoms with Crippen LogP contribution >= 0.6 is 7.82 Å². The summed E-state index contributed by atoms with van der Waals surface area (Å²) in [5.74, 6) is -0.725. The van der Waals surface area contributed by atoms with Crippen LogP contribution in [-0.2, 0) is 23.7 Å². The molecule has 0 aromatic rings. The fraction of sp³-hybridized carbons (Fsp3) is 0.929. The van der Waals surface area contributed by atoms with Gasteiger partial charge in [0.15, 0.2) is 0 Å². The van der Waals surface area contributed by atoms with Gasteiger partial charge in [0.1, 0.15) is 0 Å². The zero-order valence-electron chi connectivity index (χ0n) is 13.7. The van der Waals surface area contributed by atoms with Crippen LogP contribution in [0.4, 0.5) is 0 Å². The second kappa shape index (κ2) is 13.9. The molecule has 3 N–H and O–H groups in total. The minimum Gasteiger partial charge on any atom is -0.481 e. The lowest BCUT2D eigenvalue weighted by Gasteiger charge is -2.05. The Morgan fingerprint density at radius 1 is 0.957 bits per heavy atom. The van der Waals surface area contributed by atoms with Gasteiger partial charge in [-0.25, -0.2) is 4.57 Å². The molecule has 0 saturated carbocycles. The van der Waals surface area contributed by atoms with Crippen LogP contribution in [0.15, 0.2) is 0 Å². The molecule has 0 radical (unpaired) electrons. The summed E-state index contributed by atoms with van der Waals surface area (Å²) in [6, 6.07) is 0. The summed E-state index contributed by atoms with van der Waals surface area (Å²) in [6.45, 7) is 1.94. The van der Waals surface area contributed by atoms with Gasteiger partial charge in [0.2, 0.25) is 6.29 Å². The number of rotatable bonds is 13. The second-order valence-corrected chi connectivity index (χ2v) is 6.65. The van der Waals surface area contributed by atoms with E-state index in [1.54, 1.807) is 0 Å². The van der Waals surface area contributed by atoms with Crippen LogP contribution in [0, 0.1) is 0 Å². The van der Waals surface area contributed by atoms with Gasteiger partial charge in [-0.15, -0.1) is 0 Å². The summed E-state index contributed by atoms with van der Waals surface area (Å²) in [7, 11) is -4.29. The largest absolute Gasteiger partial charge is 0.481 e. The van der Waals surface area contributed by atoms with Crippen LogP contribution in [0.2, 0.25) is 0 Å². The molecule has 0 bridgehead atoms. The van der Waals surface area contributed by atoms with Gasteiger partial charge in [0, 0.05) is 6.42 Å². The van der Waals surface area contributed by atoms with Gasteiger partial charge in [-0.3, -0.25) is 9.32 Å². The first-order chi connectivity index (χ1) is 10.8. The second-order valence-electron chi connectivity index (χ2n) is 5.41. The summed E-state index contributed by atoms with van der Waals surface area (Å²) >= 11 is 0. The Balaban J connectivity index is 0.00000104. The van der Waals surface area contributed by atoms with E-state index in [4.69, 9.17) is 14.9 Å². The number of aliphatic carboxylic acids is 1. The van der Waals surface area contributed by atoms with Gasteiger partial charge in [-0.2, -0.15) is 9.78 Å². The number of phosphoric acid groups is 1. The number of carboxylic acids is 1. The van der Waals surface area contributed by atoms with Crippen LogP contribution in [0.3, 0.4) is 0 Å². The fourth-order valence-electron chi connectivity index (χ4n) is 1.85. The van der Waals surface area contributed by atoms with Gasteiger partial charge in [-0.1, -0.05) is 44.9 Å². The van der Waals surface area contributed by atoms with E-state index < -0.39 is 13.8 Å². The van der Waals surface area contributed by atoms with Crippen molar-refractivity contribution in [1.82, 2.24) is 0 Å². The Kier molecular flexibility index (Phi) is 13.6. The number of carboxylic acid groups (broad SMARTS) is 1. The first-order valence-electron chi connectivity index (χ1n) is 8.05. The predicted octanol–water partition coefficient (Wildman–Crippen LogP) is 3.38. The normalized spacial score (nSPS) is 14.2. The summed E-state index contributed by atoms with van der Waals surface area (Å²) in [6.07, 6.45) is 9.15. The summed E-state index contributed by atoms with van der Waals surface area (Å²) in [5.41, 5.74) is 0. The molecule has 0 spiro atoms. The summed E-state index contributed by atoms with van der Waals surface area (Å²) in [4.78, 5) is 35.6. The molecule has 1 aliphatic heterocycles. The average Bonchev–Trinajstić information content (AvgIpc) is 3.21. The van der Waals surface area contributed by atoms with Crippen molar-refractivity contribution in [2.45, 2.75) is 77.4 Å². The average molecular weight is 356 g/mol. The SMILES string of the molecule is CC1OO1.O=C(O)CCCCCCCCCCCOP(=O)(O)O. The quantitative estimate of drug-likeness (QED) is 0.198. The molecular formula is C14H29O8P. The highest BCUT2D eigenvalue weighted by Crippen LogP contribution is 2.35. The molecule has 0 aromatic heterocycles. The number of unbranched alkanes of at least 4 members (excludes halogenated alkanes) is 8. The van der Waals surface area contributed by atoms with Crippen molar-refractivity contribution in [2.24, 2.45) is 0 Å². The smallest absolute Gasteiger partial charge is 0.469 e. The Labute approximate surface area is 137 Å². The molecule has 1 aliphatic rings. The zero-order valence-corrected chi connectivity index (χ0v) is 14.6. The molecule has 23 heavy (non-hydrogen) atoms. The van der Waals surface area contributed by atoms with Gasteiger partial charge >= 0.3 is 13.8 Å². The molecule has 1 fully saturated rings. The summed E-state index contributed by atoms with van der Waals surface area (Å²) in [5, 5.41) is 8.45. The third-order valence-electron chi connectivity index (χ3n) is 3.08. The van der Waals surface area contributed by atoms with Crippen molar-refractivity contribution in [3.63, 3.8) is 0 Å². The van der Waals surface area contributed by atoms with E-state index in [2.05, 4.69) is 14.3 Å². The maximum atomic E-state index is 10.4. The molecule has 0 unspecified atom stereocenters. The van der Waals surface area contributed by atoms with E-state index in [0.717, 1.165) is 51.4 Å². The topological polar surface area (TPSA) is 129 Å². The Morgan fingerprint density at radius 2 is 1.35 bits per heavy atom. The minimum atomic E-state index is -4.29. The number of phosphoric ester groups is 1. The Hall–Kier alpha value is -0.500. The molecule has 1 saturated heterocycles. The lowest BCUT2D eigenvalue weighted by atomic mass is 10.1. The van der Waals surface area contributed by atoms with E-state index >= 15 is 0 Å². The molecule has 0 atom stereocenters. The lowest BCUT2D eigenvalue weighted by Crippen LogP contribution is -1.93. The Bertz CT molecular complexity index is 340.